The normalized spacial score (nSPS) is 17.2. The first kappa shape index (κ1) is 12.1. The van der Waals surface area contributed by atoms with Gasteiger partial charge >= 0.3 is 0 Å². The molecule has 3 heteroatoms. The molecule has 17 heavy (non-hydrogen) atoms. The number of amides is 1. The zero-order chi connectivity index (χ0) is 12.4. The second-order valence-corrected chi connectivity index (χ2v) is 4.94. The van der Waals surface area contributed by atoms with Crippen molar-refractivity contribution >= 4 is 5.91 Å². The van der Waals surface area contributed by atoms with Crippen LogP contribution in [0.1, 0.15) is 35.7 Å². The van der Waals surface area contributed by atoms with Crippen molar-refractivity contribution < 1.29 is 9.18 Å². The van der Waals surface area contributed by atoms with Crippen molar-refractivity contribution in [3.05, 3.63) is 35.1 Å². The molecule has 1 aliphatic heterocycles. The number of nitrogens with zero attached hydrogens (tertiary/aromatic N) is 1. The average molecular weight is 235 g/mol. The van der Waals surface area contributed by atoms with E-state index in [9.17, 15) is 9.18 Å². The van der Waals surface area contributed by atoms with Crippen molar-refractivity contribution in [2.24, 2.45) is 5.92 Å². The zero-order valence-corrected chi connectivity index (χ0v) is 10.4. The summed E-state index contributed by atoms with van der Waals surface area (Å²) in [5.41, 5.74) is 1.12. The van der Waals surface area contributed by atoms with Crippen molar-refractivity contribution in [2.45, 2.75) is 26.7 Å². The summed E-state index contributed by atoms with van der Waals surface area (Å²) in [6, 6.07) is 4.58. The molecule has 0 unspecified atom stereocenters. The minimum absolute atomic E-state index is 0.0278. The Morgan fingerprint density at radius 1 is 1.35 bits per heavy atom. The van der Waals surface area contributed by atoms with Crippen LogP contribution in [0.5, 0.6) is 0 Å². The SMILES string of the molecule is Cc1cc(C(=O)N2CCC(C)CC2)ccc1F. The van der Waals surface area contributed by atoms with Crippen LogP contribution in [0.4, 0.5) is 4.39 Å². The van der Waals surface area contributed by atoms with Gasteiger partial charge in [-0.05, 0) is 49.4 Å². The molecule has 0 atom stereocenters. The summed E-state index contributed by atoms with van der Waals surface area (Å²) >= 11 is 0. The molecule has 0 aromatic heterocycles. The van der Waals surface area contributed by atoms with Gasteiger partial charge in [0.05, 0.1) is 0 Å². The van der Waals surface area contributed by atoms with Crippen LogP contribution in [0.15, 0.2) is 18.2 Å². The summed E-state index contributed by atoms with van der Waals surface area (Å²) in [7, 11) is 0. The lowest BCUT2D eigenvalue weighted by atomic mass is 9.98. The number of carbonyl (C=O) groups is 1. The van der Waals surface area contributed by atoms with Crippen molar-refractivity contribution in [1.82, 2.24) is 4.90 Å². The van der Waals surface area contributed by atoms with Crippen molar-refractivity contribution in [3.8, 4) is 0 Å². The molecule has 2 rings (SSSR count). The minimum Gasteiger partial charge on any atom is -0.339 e. The number of benzene rings is 1. The van der Waals surface area contributed by atoms with Gasteiger partial charge in [0.15, 0.2) is 0 Å². The standard InChI is InChI=1S/C14H18FNO/c1-10-5-7-16(8-6-10)14(17)12-3-4-13(15)11(2)9-12/h3-4,9-10H,5-8H2,1-2H3. The summed E-state index contributed by atoms with van der Waals surface area (Å²) in [6.45, 7) is 5.53. The predicted molar refractivity (Wildman–Crippen MR) is 65.4 cm³/mol. The highest BCUT2D eigenvalue weighted by Crippen LogP contribution is 2.19. The number of hydrogen-bond donors (Lipinski definition) is 0. The summed E-state index contributed by atoms with van der Waals surface area (Å²) in [5.74, 6) is 0.475. The first-order valence-corrected chi connectivity index (χ1v) is 6.13. The molecule has 1 amide bonds. The molecule has 1 heterocycles. The Balaban J connectivity index is 2.11. The average Bonchev–Trinajstić information content (AvgIpc) is 2.33. The maximum atomic E-state index is 13.1. The zero-order valence-electron chi connectivity index (χ0n) is 10.4. The molecule has 0 N–H and O–H groups in total. The van der Waals surface area contributed by atoms with E-state index < -0.39 is 0 Å². The predicted octanol–water partition coefficient (Wildman–Crippen LogP) is 3.01. The van der Waals surface area contributed by atoms with Gasteiger partial charge in [0, 0.05) is 18.7 Å². The highest BCUT2D eigenvalue weighted by atomic mass is 19.1. The molecule has 0 spiro atoms. The first-order chi connectivity index (χ1) is 8.08. The molecular weight excluding hydrogens is 217 g/mol. The van der Waals surface area contributed by atoms with Crippen molar-refractivity contribution in [1.29, 1.82) is 0 Å². The molecule has 1 aromatic rings. The third-order valence-electron chi connectivity index (χ3n) is 3.48. The Morgan fingerprint density at radius 2 is 2.00 bits per heavy atom. The third kappa shape index (κ3) is 2.65. The number of piperidine rings is 1. The van der Waals surface area contributed by atoms with Gasteiger partial charge in [-0.2, -0.15) is 0 Å². The number of rotatable bonds is 1. The molecule has 1 fully saturated rings. The molecule has 0 radical (unpaired) electrons. The first-order valence-electron chi connectivity index (χ1n) is 6.13. The number of hydrogen-bond acceptors (Lipinski definition) is 1. The van der Waals surface area contributed by atoms with E-state index in [0.717, 1.165) is 25.9 Å². The van der Waals surface area contributed by atoms with E-state index in [1.807, 2.05) is 4.90 Å². The Hall–Kier alpha value is -1.38. The number of likely N-dealkylation sites (tertiary alicyclic amines) is 1. The third-order valence-corrected chi connectivity index (χ3v) is 3.48. The van der Waals surface area contributed by atoms with Crippen LogP contribution < -0.4 is 0 Å². The van der Waals surface area contributed by atoms with Gasteiger partial charge in [-0.3, -0.25) is 4.79 Å². The molecule has 0 aliphatic carbocycles. The molecule has 2 nitrogen and oxygen atoms in total. The number of aryl methyl sites for hydroxylation is 1. The van der Waals surface area contributed by atoms with E-state index in [-0.39, 0.29) is 11.7 Å². The van der Waals surface area contributed by atoms with Crippen molar-refractivity contribution in [2.75, 3.05) is 13.1 Å². The molecule has 1 aliphatic rings. The highest BCUT2D eigenvalue weighted by Gasteiger charge is 2.21. The molecule has 92 valence electrons. The lowest BCUT2D eigenvalue weighted by Crippen LogP contribution is -2.37. The van der Waals surface area contributed by atoms with E-state index >= 15 is 0 Å². The van der Waals surface area contributed by atoms with Gasteiger partial charge in [-0.15, -0.1) is 0 Å². The largest absolute Gasteiger partial charge is 0.339 e. The quantitative estimate of drug-likeness (QED) is 0.732. The van der Waals surface area contributed by atoms with Gasteiger partial charge in [0.2, 0.25) is 0 Å². The summed E-state index contributed by atoms with van der Waals surface area (Å²) in [5, 5.41) is 0. The van der Waals surface area contributed by atoms with Gasteiger partial charge in [0.25, 0.3) is 5.91 Å². The van der Waals surface area contributed by atoms with E-state index in [1.165, 1.54) is 6.07 Å². The molecule has 1 aromatic carbocycles. The topological polar surface area (TPSA) is 20.3 Å². The van der Waals surface area contributed by atoms with E-state index in [4.69, 9.17) is 0 Å². The molecule has 0 bridgehead atoms. The van der Waals surface area contributed by atoms with Crippen molar-refractivity contribution in [3.63, 3.8) is 0 Å². The molecule has 1 saturated heterocycles. The number of halogens is 1. The molecule has 0 saturated carbocycles. The van der Waals surface area contributed by atoms with Crippen LogP contribution >= 0.6 is 0 Å². The fourth-order valence-corrected chi connectivity index (χ4v) is 2.17. The van der Waals surface area contributed by atoms with Crippen LogP contribution in [0.3, 0.4) is 0 Å². The Morgan fingerprint density at radius 3 is 2.59 bits per heavy atom. The van der Waals surface area contributed by atoms with Crippen LogP contribution in [-0.2, 0) is 0 Å². The maximum Gasteiger partial charge on any atom is 0.253 e. The van der Waals surface area contributed by atoms with Crippen LogP contribution in [0, 0.1) is 18.7 Å². The Bertz CT molecular complexity index is 422. The second-order valence-electron chi connectivity index (χ2n) is 4.94. The maximum absolute atomic E-state index is 13.1. The fraction of sp³-hybridized carbons (Fsp3) is 0.500. The van der Waals surface area contributed by atoms with Gasteiger partial charge in [-0.25, -0.2) is 4.39 Å². The van der Waals surface area contributed by atoms with Gasteiger partial charge < -0.3 is 4.90 Å². The van der Waals surface area contributed by atoms with Gasteiger partial charge in [0.1, 0.15) is 5.82 Å². The lowest BCUT2D eigenvalue weighted by Gasteiger charge is -2.30. The fourth-order valence-electron chi connectivity index (χ4n) is 2.17. The number of carbonyl (C=O) groups excluding carboxylic acids is 1. The van der Waals surface area contributed by atoms with Crippen LogP contribution in [-0.4, -0.2) is 23.9 Å². The Labute approximate surface area is 101 Å². The van der Waals surface area contributed by atoms with E-state index in [1.54, 1.807) is 19.1 Å². The lowest BCUT2D eigenvalue weighted by molar-refractivity contribution is 0.0697. The van der Waals surface area contributed by atoms with E-state index in [2.05, 4.69) is 6.92 Å². The van der Waals surface area contributed by atoms with E-state index in [0.29, 0.717) is 17.0 Å². The summed E-state index contributed by atoms with van der Waals surface area (Å²) < 4.78 is 13.1. The summed E-state index contributed by atoms with van der Waals surface area (Å²) in [4.78, 5) is 14.0. The Kier molecular flexibility index (Phi) is 3.46. The minimum atomic E-state index is -0.256. The van der Waals surface area contributed by atoms with Crippen LogP contribution in [0.2, 0.25) is 0 Å². The smallest absolute Gasteiger partial charge is 0.253 e. The van der Waals surface area contributed by atoms with Gasteiger partial charge in [-0.1, -0.05) is 6.92 Å². The highest BCUT2D eigenvalue weighted by molar-refractivity contribution is 5.94. The monoisotopic (exact) mass is 235 g/mol. The second kappa shape index (κ2) is 4.86. The summed E-state index contributed by atoms with van der Waals surface area (Å²) in [6.07, 6.45) is 2.12. The van der Waals surface area contributed by atoms with Crippen LogP contribution in [0.25, 0.3) is 0 Å². The molecular formula is C14H18FNO.